The molecule has 2 aliphatic heterocycles. The smallest absolute Gasteiger partial charge is 0.286 e. The van der Waals surface area contributed by atoms with Gasteiger partial charge in [0.15, 0.2) is 5.17 Å². The molecule has 0 unspecified atom stereocenters. The predicted molar refractivity (Wildman–Crippen MR) is 114 cm³/mol. The van der Waals surface area contributed by atoms with Crippen LogP contribution in [0.25, 0.3) is 6.08 Å². The van der Waals surface area contributed by atoms with Crippen LogP contribution in [0.4, 0.5) is 5.69 Å². The number of nitrogens with zero attached hydrogens (tertiary/aromatic N) is 3. The van der Waals surface area contributed by atoms with E-state index in [1.54, 1.807) is 0 Å². The van der Waals surface area contributed by atoms with Crippen molar-refractivity contribution in [1.82, 2.24) is 4.90 Å². The van der Waals surface area contributed by atoms with E-state index in [4.69, 9.17) is 11.6 Å². The number of anilines is 1. The van der Waals surface area contributed by atoms with Gasteiger partial charge in [0.05, 0.1) is 4.91 Å². The molecule has 0 N–H and O–H groups in total. The Balaban J connectivity index is 1.41. The van der Waals surface area contributed by atoms with Gasteiger partial charge < -0.3 is 9.80 Å². The van der Waals surface area contributed by atoms with Crippen LogP contribution in [-0.4, -0.2) is 42.2 Å². The second kappa shape index (κ2) is 7.79. The maximum atomic E-state index is 12.3. The molecule has 2 heterocycles. The van der Waals surface area contributed by atoms with E-state index in [1.165, 1.54) is 17.3 Å². The summed E-state index contributed by atoms with van der Waals surface area (Å²) >= 11 is 7.57. The Labute approximate surface area is 168 Å². The zero-order chi connectivity index (χ0) is 18.8. The Morgan fingerprint density at radius 2 is 1.78 bits per heavy atom. The van der Waals surface area contributed by atoms with Gasteiger partial charge in [0.2, 0.25) is 0 Å². The van der Waals surface area contributed by atoms with Crippen molar-refractivity contribution in [1.29, 1.82) is 0 Å². The van der Waals surface area contributed by atoms with E-state index < -0.39 is 0 Å². The van der Waals surface area contributed by atoms with Gasteiger partial charge in [0, 0.05) is 36.9 Å². The van der Waals surface area contributed by atoms with Crippen molar-refractivity contribution in [2.24, 2.45) is 4.99 Å². The molecule has 0 radical (unpaired) electrons. The van der Waals surface area contributed by atoms with Crippen molar-refractivity contribution in [3.8, 4) is 0 Å². The number of carbonyl (C=O) groups excluding carboxylic acids is 1. The SMILES string of the molecule is Cc1cccc(/C=C2\SC(N3CCN(c4cccc(Cl)c4)CC3)=NC2=O)c1. The van der Waals surface area contributed by atoms with E-state index in [9.17, 15) is 4.79 Å². The molecule has 1 fully saturated rings. The molecular formula is C21H20ClN3OS. The molecule has 0 saturated carbocycles. The summed E-state index contributed by atoms with van der Waals surface area (Å²) in [7, 11) is 0. The van der Waals surface area contributed by atoms with Crippen LogP contribution in [0.5, 0.6) is 0 Å². The summed E-state index contributed by atoms with van der Waals surface area (Å²) in [5.74, 6) is -0.145. The molecule has 0 atom stereocenters. The van der Waals surface area contributed by atoms with Crippen molar-refractivity contribution in [2.45, 2.75) is 6.92 Å². The Morgan fingerprint density at radius 1 is 1.04 bits per heavy atom. The third-order valence-electron chi connectivity index (χ3n) is 4.67. The molecule has 4 rings (SSSR count). The minimum absolute atomic E-state index is 0.145. The minimum atomic E-state index is -0.145. The summed E-state index contributed by atoms with van der Waals surface area (Å²) in [4.78, 5) is 21.8. The van der Waals surface area contributed by atoms with Crippen molar-refractivity contribution in [2.75, 3.05) is 31.1 Å². The van der Waals surface area contributed by atoms with E-state index in [1.807, 2.05) is 49.4 Å². The van der Waals surface area contributed by atoms with E-state index >= 15 is 0 Å². The van der Waals surface area contributed by atoms with Crippen molar-refractivity contribution in [3.05, 3.63) is 69.6 Å². The number of rotatable bonds is 2. The van der Waals surface area contributed by atoms with Gasteiger partial charge in [-0.2, -0.15) is 4.99 Å². The van der Waals surface area contributed by atoms with Gasteiger partial charge in [-0.25, -0.2) is 0 Å². The van der Waals surface area contributed by atoms with Crippen LogP contribution < -0.4 is 4.90 Å². The van der Waals surface area contributed by atoms with Crippen molar-refractivity contribution < 1.29 is 4.79 Å². The quantitative estimate of drug-likeness (QED) is 0.702. The summed E-state index contributed by atoms with van der Waals surface area (Å²) < 4.78 is 0. The highest BCUT2D eigenvalue weighted by Gasteiger charge is 2.28. The molecule has 27 heavy (non-hydrogen) atoms. The molecule has 2 aromatic rings. The maximum Gasteiger partial charge on any atom is 0.286 e. The van der Waals surface area contributed by atoms with Crippen LogP contribution >= 0.6 is 23.4 Å². The highest BCUT2D eigenvalue weighted by atomic mass is 35.5. The molecule has 0 aromatic heterocycles. The maximum absolute atomic E-state index is 12.3. The highest BCUT2D eigenvalue weighted by Crippen LogP contribution is 2.31. The monoisotopic (exact) mass is 397 g/mol. The number of amides is 1. The summed E-state index contributed by atoms with van der Waals surface area (Å²) in [5.41, 5.74) is 3.35. The molecule has 0 spiro atoms. The molecule has 4 nitrogen and oxygen atoms in total. The van der Waals surface area contributed by atoms with Gasteiger partial charge in [0.25, 0.3) is 5.91 Å². The number of halogens is 1. The number of aryl methyl sites for hydroxylation is 1. The first kappa shape index (κ1) is 18.1. The Hall–Kier alpha value is -2.24. The molecule has 0 bridgehead atoms. The molecule has 6 heteroatoms. The van der Waals surface area contributed by atoms with Gasteiger partial charge in [0.1, 0.15) is 0 Å². The number of hydrogen-bond donors (Lipinski definition) is 0. The number of aliphatic imine (C=N–C) groups is 1. The summed E-state index contributed by atoms with van der Waals surface area (Å²) in [6, 6.07) is 16.1. The standard InChI is InChI=1S/C21H20ClN3OS/c1-15-4-2-5-16(12-15)13-19-20(26)23-21(27-19)25-10-8-24(9-11-25)18-7-3-6-17(22)14-18/h2-7,12-14H,8-11H2,1H3/b19-13-. The molecule has 1 amide bonds. The van der Waals surface area contributed by atoms with Crippen LogP contribution in [-0.2, 0) is 4.79 Å². The van der Waals surface area contributed by atoms with Crippen molar-refractivity contribution >= 4 is 46.2 Å². The molecular weight excluding hydrogens is 378 g/mol. The molecule has 0 aliphatic carbocycles. The number of thioether (sulfide) groups is 1. The number of piperazine rings is 1. The Kier molecular flexibility index (Phi) is 5.23. The van der Waals surface area contributed by atoms with E-state index in [2.05, 4.69) is 26.9 Å². The van der Waals surface area contributed by atoms with Crippen LogP contribution in [0.15, 0.2) is 58.4 Å². The van der Waals surface area contributed by atoms with E-state index in [0.717, 1.165) is 47.6 Å². The van der Waals surface area contributed by atoms with Crippen molar-refractivity contribution in [3.63, 3.8) is 0 Å². The predicted octanol–water partition coefficient (Wildman–Crippen LogP) is 4.44. The van der Waals surface area contributed by atoms with Crippen LogP contribution in [0.2, 0.25) is 5.02 Å². The lowest BCUT2D eigenvalue weighted by Crippen LogP contribution is -2.47. The third kappa shape index (κ3) is 4.20. The van der Waals surface area contributed by atoms with Crippen LogP contribution in [0.3, 0.4) is 0 Å². The second-order valence-corrected chi connectivity index (χ2v) is 8.12. The highest BCUT2D eigenvalue weighted by molar-refractivity contribution is 8.18. The first-order chi connectivity index (χ1) is 13.1. The van der Waals surface area contributed by atoms with E-state index in [-0.39, 0.29) is 5.91 Å². The lowest BCUT2D eigenvalue weighted by atomic mass is 10.1. The zero-order valence-electron chi connectivity index (χ0n) is 15.1. The molecule has 2 aromatic carbocycles. The first-order valence-electron chi connectivity index (χ1n) is 8.93. The fraction of sp³-hybridized carbons (Fsp3) is 0.238. The number of amidine groups is 1. The second-order valence-electron chi connectivity index (χ2n) is 6.68. The molecule has 138 valence electrons. The van der Waals surface area contributed by atoms with Gasteiger partial charge in [-0.3, -0.25) is 4.79 Å². The van der Waals surface area contributed by atoms with Gasteiger partial charge in [-0.05, 0) is 48.5 Å². The average molecular weight is 398 g/mol. The van der Waals surface area contributed by atoms with Gasteiger partial charge >= 0.3 is 0 Å². The lowest BCUT2D eigenvalue weighted by molar-refractivity contribution is -0.113. The summed E-state index contributed by atoms with van der Waals surface area (Å²) in [6.45, 7) is 5.48. The number of hydrogen-bond acceptors (Lipinski definition) is 4. The Morgan fingerprint density at radius 3 is 2.52 bits per heavy atom. The third-order valence-corrected chi connectivity index (χ3v) is 5.95. The molecule has 2 aliphatic rings. The Bertz CT molecular complexity index is 933. The van der Waals surface area contributed by atoms with Gasteiger partial charge in [-0.1, -0.05) is 47.5 Å². The number of benzene rings is 2. The van der Waals surface area contributed by atoms with E-state index in [0.29, 0.717) is 4.91 Å². The largest absolute Gasteiger partial charge is 0.368 e. The van der Waals surface area contributed by atoms with Gasteiger partial charge in [-0.15, -0.1) is 0 Å². The average Bonchev–Trinajstić information content (AvgIpc) is 3.02. The first-order valence-corrected chi connectivity index (χ1v) is 10.1. The minimum Gasteiger partial charge on any atom is -0.368 e. The lowest BCUT2D eigenvalue weighted by Gasteiger charge is -2.36. The topological polar surface area (TPSA) is 35.9 Å². The fourth-order valence-corrected chi connectivity index (χ4v) is 4.42. The normalized spacial score (nSPS) is 19.0. The number of carbonyl (C=O) groups is 1. The molecule has 1 saturated heterocycles. The van der Waals surface area contributed by atoms with Crippen LogP contribution in [0, 0.1) is 6.92 Å². The zero-order valence-corrected chi connectivity index (χ0v) is 16.6. The summed E-state index contributed by atoms with van der Waals surface area (Å²) in [6.07, 6.45) is 1.93. The van der Waals surface area contributed by atoms with Crippen LogP contribution in [0.1, 0.15) is 11.1 Å². The fourth-order valence-electron chi connectivity index (χ4n) is 3.27. The summed E-state index contributed by atoms with van der Waals surface area (Å²) in [5, 5.41) is 1.56.